The highest BCUT2D eigenvalue weighted by molar-refractivity contribution is 7.45. The molecule has 0 amide bonds. The molecule has 146 valence electrons. The summed E-state index contributed by atoms with van der Waals surface area (Å²) in [7, 11) is -4.64. The van der Waals surface area contributed by atoms with Crippen molar-refractivity contribution in [3.63, 3.8) is 0 Å². The van der Waals surface area contributed by atoms with Crippen molar-refractivity contribution in [1.29, 1.82) is 5.41 Å². The summed E-state index contributed by atoms with van der Waals surface area (Å²) in [4.78, 5) is 54.9. The molecule has 0 bridgehead atoms. The van der Waals surface area contributed by atoms with Crippen LogP contribution in [0.3, 0.4) is 0 Å². The van der Waals surface area contributed by atoms with Crippen LogP contribution in [0.2, 0.25) is 0 Å². The summed E-state index contributed by atoms with van der Waals surface area (Å²) in [6.45, 7) is 0.0481. The molecule has 3 unspecified atom stereocenters. The molecule has 0 aliphatic rings. The number of carboxylic acids is 2. The molecule has 14 nitrogen and oxygen atoms in total. The van der Waals surface area contributed by atoms with Gasteiger partial charge >= 0.3 is 19.8 Å². The number of nitrogens with one attached hydrogen (secondary N) is 2. The average molecular weight is 387 g/mol. The van der Waals surface area contributed by atoms with Gasteiger partial charge in [0.1, 0.15) is 6.04 Å². The molecule has 0 heterocycles. The number of phosphoric acid groups is 1. The molecule has 0 spiro atoms. The summed E-state index contributed by atoms with van der Waals surface area (Å²) >= 11 is 0. The normalized spacial score (nSPS) is 14.3. The number of nitrogens with two attached hydrogens (primary N) is 3. The lowest BCUT2D eigenvalue weighted by atomic mass is 9.87. The van der Waals surface area contributed by atoms with Crippen molar-refractivity contribution in [3.05, 3.63) is 0 Å². The van der Waals surface area contributed by atoms with Gasteiger partial charge < -0.3 is 47.4 Å². The first-order chi connectivity index (χ1) is 11.2. The van der Waals surface area contributed by atoms with E-state index in [2.05, 4.69) is 5.32 Å². The number of hydrogen-bond acceptors (Lipinski definition) is 7. The Bertz CT molecular complexity index is 529. The molecule has 0 fully saturated rings. The van der Waals surface area contributed by atoms with Crippen LogP contribution in [0, 0.1) is 11.3 Å². The summed E-state index contributed by atoms with van der Waals surface area (Å²) in [5.74, 6) is -4.90. The van der Waals surface area contributed by atoms with Crippen LogP contribution in [0.15, 0.2) is 0 Å². The Hall–Kier alpha value is -2.09. The van der Waals surface area contributed by atoms with Gasteiger partial charge in [0.15, 0.2) is 11.7 Å². The van der Waals surface area contributed by atoms with Crippen LogP contribution in [-0.4, -0.2) is 67.2 Å². The molecule has 0 aromatic heterocycles. The lowest BCUT2D eigenvalue weighted by Gasteiger charge is -2.22. The maximum Gasteiger partial charge on any atom is 0.466 e. The molecule has 0 aliphatic heterocycles. The molecular formula is C10H22N5O9P. The number of hydrogen-bond donors (Lipinski definition) is 10. The van der Waals surface area contributed by atoms with E-state index in [0.29, 0.717) is 0 Å². The molecule has 0 rings (SSSR count). The van der Waals surface area contributed by atoms with E-state index in [1.165, 1.54) is 0 Å². The molecule has 3 atom stereocenters. The maximum atomic E-state index is 12.0. The zero-order valence-electron chi connectivity index (χ0n) is 12.9. The van der Waals surface area contributed by atoms with E-state index in [0.717, 1.165) is 0 Å². The lowest BCUT2D eigenvalue weighted by molar-refractivity contribution is -0.143. The van der Waals surface area contributed by atoms with Crippen molar-refractivity contribution in [2.75, 3.05) is 6.54 Å². The summed E-state index contributed by atoms with van der Waals surface area (Å²) in [6.07, 6.45) is -0.638. The van der Waals surface area contributed by atoms with Crippen LogP contribution >= 0.6 is 7.82 Å². The third-order valence-electron chi connectivity index (χ3n) is 2.61. The van der Waals surface area contributed by atoms with Crippen molar-refractivity contribution in [2.24, 2.45) is 23.1 Å². The van der Waals surface area contributed by atoms with Crippen molar-refractivity contribution in [1.82, 2.24) is 5.32 Å². The SMILES string of the molecule is N=C(N)NCCC(C(=O)C(N)CC(=O)O)C(N)C(=O)O.O=P(O)(O)O. The number of rotatable bonds is 9. The van der Waals surface area contributed by atoms with E-state index in [9.17, 15) is 14.4 Å². The Morgan fingerprint density at radius 3 is 1.88 bits per heavy atom. The van der Waals surface area contributed by atoms with E-state index < -0.39 is 50.0 Å². The molecule has 13 N–H and O–H groups in total. The van der Waals surface area contributed by atoms with Crippen molar-refractivity contribution in [3.8, 4) is 0 Å². The zero-order chi connectivity index (χ0) is 20.4. The Morgan fingerprint density at radius 1 is 1.12 bits per heavy atom. The summed E-state index contributed by atoms with van der Waals surface area (Å²) in [5, 5.41) is 26.8. The van der Waals surface area contributed by atoms with E-state index >= 15 is 0 Å². The van der Waals surface area contributed by atoms with Gasteiger partial charge in [-0.05, 0) is 6.42 Å². The predicted octanol–water partition coefficient (Wildman–Crippen LogP) is -3.67. The number of carbonyl (C=O) groups excluding carboxylic acids is 1. The molecular weight excluding hydrogens is 365 g/mol. The first-order valence-electron chi connectivity index (χ1n) is 6.52. The third kappa shape index (κ3) is 15.2. The highest BCUT2D eigenvalue weighted by Gasteiger charge is 2.34. The van der Waals surface area contributed by atoms with Gasteiger partial charge in [-0.2, -0.15) is 0 Å². The van der Waals surface area contributed by atoms with E-state index in [-0.39, 0.29) is 18.9 Å². The number of carboxylic acid groups (broad SMARTS) is 2. The van der Waals surface area contributed by atoms with Gasteiger partial charge in [0.2, 0.25) is 0 Å². The second kappa shape index (κ2) is 11.5. The second-order valence-electron chi connectivity index (χ2n) is 4.72. The van der Waals surface area contributed by atoms with Gasteiger partial charge in [-0.3, -0.25) is 19.8 Å². The Kier molecular flexibility index (Phi) is 11.5. The van der Waals surface area contributed by atoms with E-state index in [4.69, 9.17) is 52.1 Å². The minimum absolute atomic E-state index is 0.0286. The summed E-state index contributed by atoms with van der Waals surface area (Å²) < 4.78 is 8.88. The fourth-order valence-electron chi connectivity index (χ4n) is 1.60. The van der Waals surface area contributed by atoms with Crippen LogP contribution in [0.1, 0.15) is 12.8 Å². The monoisotopic (exact) mass is 387 g/mol. The number of carbonyl (C=O) groups is 3. The highest BCUT2D eigenvalue weighted by atomic mass is 31.2. The minimum Gasteiger partial charge on any atom is -0.481 e. The predicted molar refractivity (Wildman–Crippen MR) is 83.1 cm³/mol. The van der Waals surface area contributed by atoms with Crippen LogP contribution in [-0.2, 0) is 18.9 Å². The topological polar surface area (TPSA) is 283 Å². The van der Waals surface area contributed by atoms with Gasteiger partial charge in [-0.1, -0.05) is 0 Å². The molecule has 0 aliphatic carbocycles. The number of aliphatic carboxylic acids is 2. The minimum atomic E-state index is -4.64. The number of ketones is 1. The first kappa shape index (κ1) is 25.2. The van der Waals surface area contributed by atoms with Gasteiger partial charge in [-0.25, -0.2) is 4.57 Å². The van der Waals surface area contributed by atoms with E-state index in [1.54, 1.807) is 0 Å². The van der Waals surface area contributed by atoms with Crippen molar-refractivity contribution in [2.45, 2.75) is 24.9 Å². The Morgan fingerprint density at radius 2 is 1.56 bits per heavy atom. The molecule has 0 radical (unpaired) electrons. The van der Waals surface area contributed by atoms with Gasteiger partial charge in [0, 0.05) is 12.5 Å². The molecule has 0 saturated heterocycles. The van der Waals surface area contributed by atoms with Crippen molar-refractivity contribution >= 4 is 31.5 Å². The molecule has 15 heteroatoms. The first-order valence-corrected chi connectivity index (χ1v) is 8.09. The smallest absolute Gasteiger partial charge is 0.466 e. The van der Waals surface area contributed by atoms with Crippen LogP contribution in [0.25, 0.3) is 0 Å². The fourth-order valence-corrected chi connectivity index (χ4v) is 1.60. The summed E-state index contributed by atoms with van der Waals surface area (Å²) in [6, 6.07) is -2.84. The maximum absolute atomic E-state index is 12.0. The average Bonchev–Trinajstić information content (AvgIpc) is 2.39. The third-order valence-corrected chi connectivity index (χ3v) is 2.61. The quantitative estimate of drug-likeness (QED) is 0.104. The van der Waals surface area contributed by atoms with Crippen molar-refractivity contribution < 1.29 is 43.8 Å². The van der Waals surface area contributed by atoms with E-state index in [1.807, 2.05) is 0 Å². The number of Topliss-reactive ketones (excluding diaryl/α,β-unsaturated/α-hetero) is 1. The number of guanidine groups is 1. The Labute approximate surface area is 141 Å². The summed E-state index contributed by atoms with van der Waals surface area (Å²) in [5.41, 5.74) is 15.9. The van der Waals surface area contributed by atoms with Gasteiger partial charge in [0.05, 0.1) is 12.5 Å². The molecule has 25 heavy (non-hydrogen) atoms. The standard InChI is InChI=1S/C10H19N5O5.H3O4P/c11-5(3-6(16)17)8(18)4(7(12)9(19)20)1-2-15-10(13)14;1-5(2,3)4/h4-5,7H,1-3,11-12H2,(H,16,17)(H,19,20)(H4,13,14,15);(H3,1,2,3,4). The van der Waals surface area contributed by atoms with Crippen LogP contribution < -0.4 is 22.5 Å². The van der Waals surface area contributed by atoms with Crippen LogP contribution in [0.4, 0.5) is 0 Å². The zero-order valence-corrected chi connectivity index (χ0v) is 13.8. The largest absolute Gasteiger partial charge is 0.481 e. The van der Waals surface area contributed by atoms with Crippen LogP contribution in [0.5, 0.6) is 0 Å². The van der Waals surface area contributed by atoms with Gasteiger partial charge in [0.25, 0.3) is 0 Å². The second-order valence-corrected chi connectivity index (χ2v) is 5.75. The highest BCUT2D eigenvalue weighted by Crippen LogP contribution is 2.25. The Balaban J connectivity index is 0. The molecule has 0 saturated carbocycles. The molecule has 0 aromatic carbocycles. The van der Waals surface area contributed by atoms with Gasteiger partial charge in [-0.15, -0.1) is 0 Å². The molecule has 0 aromatic rings. The fraction of sp³-hybridized carbons (Fsp3) is 0.600. The lowest BCUT2D eigenvalue weighted by Crippen LogP contribution is -2.49.